The van der Waals surface area contributed by atoms with Gasteiger partial charge >= 0.3 is 0 Å². The molecule has 0 saturated heterocycles. The van der Waals surface area contributed by atoms with Crippen LogP contribution < -0.4 is 9.04 Å². The predicted molar refractivity (Wildman–Crippen MR) is 108 cm³/mol. The fourth-order valence-corrected chi connectivity index (χ4v) is 3.87. The SMILES string of the molecule is CCS(=O)(=O)N(Cc1ccccn1)c1ccc(Oc2ccccc2)cc1C. The van der Waals surface area contributed by atoms with Crippen molar-refractivity contribution in [2.75, 3.05) is 10.1 Å². The van der Waals surface area contributed by atoms with E-state index in [0.29, 0.717) is 17.1 Å². The Kier molecular flexibility index (Phi) is 5.76. The molecular weight excluding hydrogens is 360 g/mol. The molecule has 0 N–H and O–H groups in total. The Morgan fingerprint density at radius 1 is 0.963 bits per heavy atom. The smallest absolute Gasteiger partial charge is 0.235 e. The number of aryl methyl sites for hydroxylation is 1. The summed E-state index contributed by atoms with van der Waals surface area (Å²) in [5.74, 6) is 1.41. The average molecular weight is 382 g/mol. The van der Waals surface area contributed by atoms with E-state index in [4.69, 9.17) is 4.74 Å². The third-order valence-corrected chi connectivity index (χ3v) is 5.88. The van der Waals surface area contributed by atoms with E-state index in [9.17, 15) is 8.42 Å². The lowest BCUT2D eigenvalue weighted by molar-refractivity contribution is 0.482. The lowest BCUT2D eigenvalue weighted by Gasteiger charge is -2.25. The van der Waals surface area contributed by atoms with Crippen molar-refractivity contribution >= 4 is 15.7 Å². The molecule has 0 atom stereocenters. The van der Waals surface area contributed by atoms with Gasteiger partial charge in [0.2, 0.25) is 10.0 Å². The molecule has 0 amide bonds. The van der Waals surface area contributed by atoms with Crippen LogP contribution in [0.15, 0.2) is 72.9 Å². The summed E-state index contributed by atoms with van der Waals surface area (Å²) in [5, 5.41) is 0. The van der Waals surface area contributed by atoms with Crippen molar-refractivity contribution in [3.05, 3.63) is 84.2 Å². The number of para-hydroxylation sites is 1. The van der Waals surface area contributed by atoms with Crippen molar-refractivity contribution in [1.29, 1.82) is 0 Å². The monoisotopic (exact) mass is 382 g/mol. The Morgan fingerprint density at radius 3 is 2.33 bits per heavy atom. The molecule has 0 aliphatic carbocycles. The maximum absolute atomic E-state index is 12.7. The molecule has 0 radical (unpaired) electrons. The number of aromatic nitrogens is 1. The van der Waals surface area contributed by atoms with Crippen LogP contribution in [0.3, 0.4) is 0 Å². The number of nitrogens with zero attached hydrogens (tertiary/aromatic N) is 2. The van der Waals surface area contributed by atoms with Gasteiger partial charge in [-0.05, 0) is 61.9 Å². The summed E-state index contributed by atoms with van der Waals surface area (Å²) in [7, 11) is -3.45. The van der Waals surface area contributed by atoms with Crippen LogP contribution in [0.2, 0.25) is 0 Å². The fraction of sp³-hybridized carbons (Fsp3) is 0.190. The Balaban J connectivity index is 1.92. The highest BCUT2D eigenvalue weighted by atomic mass is 32.2. The van der Waals surface area contributed by atoms with Gasteiger partial charge < -0.3 is 4.74 Å². The first-order valence-corrected chi connectivity index (χ1v) is 10.3. The van der Waals surface area contributed by atoms with Gasteiger partial charge in [-0.2, -0.15) is 0 Å². The molecule has 0 unspecified atom stereocenters. The van der Waals surface area contributed by atoms with Crippen LogP contribution in [0.4, 0.5) is 5.69 Å². The van der Waals surface area contributed by atoms with Gasteiger partial charge in [-0.1, -0.05) is 24.3 Å². The second-order valence-corrected chi connectivity index (χ2v) is 8.27. The maximum atomic E-state index is 12.7. The zero-order valence-electron chi connectivity index (χ0n) is 15.4. The first-order chi connectivity index (χ1) is 13.0. The quantitative estimate of drug-likeness (QED) is 0.602. The lowest BCUT2D eigenvalue weighted by atomic mass is 10.2. The van der Waals surface area contributed by atoms with E-state index in [2.05, 4.69) is 4.98 Å². The second-order valence-electron chi connectivity index (χ2n) is 6.09. The van der Waals surface area contributed by atoms with E-state index in [-0.39, 0.29) is 12.3 Å². The van der Waals surface area contributed by atoms with E-state index < -0.39 is 10.0 Å². The minimum absolute atomic E-state index is 0.0154. The number of benzene rings is 2. The zero-order chi connectivity index (χ0) is 19.3. The van der Waals surface area contributed by atoms with Gasteiger partial charge in [0, 0.05) is 6.20 Å². The van der Waals surface area contributed by atoms with Crippen molar-refractivity contribution in [2.24, 2.45) is 0 Å². The molecule has 2 aromatic carbocycles. The van der Waals surface area contributed by atoms with Crippen LogP contribution in [0.5, 0.6) is 11.5 Å². The van der Waals surface area contributed by atoms with E-state index in [0.717, 1.165) is 11.3 Å². The van der Waals surface area contributed by atoms with Gasteiger partial charge in [-0.25, -0.2) is 8.42 Å². The number of anilines is 1. The number of sulfonamides is 1. The van der Waals surface area contributed by atoms with Crippen LogP contribution >= 0.6 is 0 Å². The maximum Gasteiger partial charge on any atom is 0.235 e. The summed E-state index contributed by atoms with van der Waals surface area (Å²) in [6.07, 6.45) is 1.66. The van der Waals surface area contributed by atoms with E-state index in [1.807, 2.05) is 61.5 Å². The summed E-state index contributed by atoms with van der Waals surface area (Å²) in [5.41, 5.74) is 2.14. The lowest BCUT2D eigenvalue weighted by Crippen LogP contribution is -2.32. The molecule has 0 bridgehead atoms. The molecule has 0 fully saturated rings. The molecule has 0 aliphatic rings. The Bertz CT molecular complexity index is 990. The third-order valence-electron chi connectivity index (χ3n) is 4.15. The molecule has 1 heterocycles. The van der Waals surface area contributed by atoms with E-state index in [1.165, 1.54) is 4.31 Å². The number of ether oxygens (including phenoxy) is 1. The first kappa shape index (κ1) is 18.9. The van der Waals surface area contributed by atoms with Gasteiger partial charge in [0.25, 0.3) is 0 Å². The number of hydrogen-bond acceptors (Lipinski definition) is 4. The molecule has 3 rings (SSSR count). The highest BCUT2D eigenvalue weighted by Crippen LogP contribution is 2.30. The second kappa shape index (κ2) is 8.22. The highest BCUT2D eigenvalue weighted by Gasteiger charge is 2.23. The molecule has 140 valence electrons. The van der Waals surface area contributed by atoms with Gasteiger partial charge in [0.15, 0.2) is 0 Å². The summed E-state index contributed by atoms with van der Waals surface area (Å²) in [6, 6.07) is 20.4. The zero-order valence-corrected chi connectivity index (χ0v) is 16.2. The van der Waals surface area contributed by atoms with Crippen LogP contribution in [-0.2, 0) is 16.6 Å². The van der Waals surface area contributed by atoms with Gasteiger partial charge in [0.05, 0.1) is 23.7 Å². The molecule has 5 nitrogen and oxygen atoms in total. The normalized spacial score (nSPS) is 11.2. The minimum atomic E-state index is -3.45. The average Bonchev–Trinajstić information content (AvgIpc) is 2.68. The van der Waals surface area contributed by atoms with Crippen LogP contribution in [-0.4, -0.2) is 19.2 Å². The topological polar surface area (TPSA) is 59.5 Å². The molecule has 6 heteroatoms. The number of pyridine rings is 1. The molecule has 27 heavy (non-hydrogen) atoms. The van der Waals surface area contributed by atoms with Crippen LogP contribution in [0.1, 0.15) is 18.2 Å². The predicted octanol–water partition coefficient (Wildman–Crippen LogP) is 4.54. The third kappa shape index (κ3) is 4.65. The summed E-state index contributed by atoms with van der Waals surface area (Å²) < 4.78 is 32.7. The van der Waals surface area contributed by atoms with Gasteiger partial charge in [-0.3, -0.25) is 9.29 Å². The van der Waals surface area contributed by atoms with E-state index >= 15 is 0 Å². The number of hydrogen-bond donors (Lipinski definition) is 0. The first-order valence-electron chi connectivity index (χ1n) is 8.73. The molecule has 0 aliphatic heterocycles. The van der Waals surface area contributed by atoms with Crippen molar-refractivity contribution < 1.29 is 13.2 Å². The molecular formula is C21H22N2O3S. The van der Waals surface area contributed by atoms with Crippen molar-refractivity contribution in [3.63, 3.8) is 0 Å². The standard InChI is InChI=1S/C21H22N2O3S/c1-3-27(24,25)23(16-18-9-7-8-14-22-18)21-13-12-20(15-17(21)2)26-19-10-5-4-6-11-19/h4-15H,3,16H2,1-2H3. The van der Waals surface area contributed by atoms with Crippen molar-refractivity contribution in [2.45, 2.75) is 20.4 Å². The Morgan fingerprint density at radius 2 is 1.70 bits per heavy atom. The minimum Gasteiger partial charge on any atom is -0.457 e. The summed E-state index contributed by atoms with van der Waals surface area (Å²) in [4.78, 5) is 4.26. The Labute approximate surface area is 160 Å². The Hall–Kier alpha value is -2.86. The fourth-order valence-electron chi connectivity index (χ4n) is 2.72. The van der Waals surface area contributed by atoms with Crippen LogP contribution in [0, 0.1) is 6.92 Å². The molecule has 3 aromatic rings. The van der Waals surface area contributed by atoms with Crippen molar-refractivity contribution in [3.8, 4) is 11.5 Å². The molecule has 0 spiro atoms. The van der Waals surface area contributed by atoms with E-state index in [1.54, 1.807) is 25.3 Å². The van der Waals surface area contributed by atoms with Crippen LogP contribution in [0.25, 0.3) is 0 Å². The summed E-state index contributed by atoms with van der Waals surface area (Å²) in [6.45, 7) is 3.71. The van der Waals surface area contributed by atoms with Gasteiger partial charge in [0.1, 0.15) is 11.5 Å². The molecule has 0 saturated carbocycles. The largest absolute Gasteiger partial charge is 0.457 e. The molecule has 1 aromatic heterocycles. The summed E-state index contributed by atoms with van der Waals surface area (Å²) >= 11 is 0. The van der Waals surface area contributed by atoms with Gasteiger partial charge in [-0.15, -0.1) is 0 Å². The highest BCUT2D eigenvalue weighted by molar-refractivity contribution is 7.92. The number of rotatable bonds is 7. The van der Waals surface area contributed by atoms with Crippen molar-refractivity contribution in [1.82, 2.24) is 4.98 Å².